The van der Waals surface area contributed by atoms with Crippen molar-refractivity contribution in [3.8, 4) is 22.8 Å². The van der Waals surface area contributed by atoms with E-state index < -0.39 is 16.3 Å². The van der Waals surface area contributed by atoms with Crippen LogP contribution < -0.4 is 20.1 Å². The van der Waals surface area contributed by atoms with Crippen molar-refractivity contribution in [3.63, 3.8) is 0 Å². The third-order valence-electron chi connectivity index (χ3n) is 6.96. The van der Waals surface area contributed by atoms with E-state index in [-0.39, 0.29) is 11.6 Å². The van der Waals surface area contributed by atoms with E-state index in [9.17, 15) is 13.5 Å². The Morgan fingerprint density at radius 3 is 2.51 bits per heavy atom. The van der Waals surface area contributed by atoms with E-state index in [0.29, 0.717) is 87.5 Å². The second-order valence-electron chi connectivity index (χ2n) is 9.59. The standard InChI is InChI=1S/C26H29Cl2N7O5S/c1-14-23(28)22(18(27)12-30-14)25(29)40-21-9-17-19(10-20(21)39-2)32-33-24(17)15-8-16(13-36)26(31-11-15)34-4-6-35(7-5-34)41(3,37)38/h8-12,25,36H,4-7,13,29H2,1-3H3,(H,32,33)/t25-/m0/s1. The molecule has 0 aliphatic carbocycles. The number of hydrogen-bond donors (Lipinski definition) is 3. The van der Waals surface area contributed by atoms with Gasteiger partial charge in [-0.15, -0.1) is 0 Å². The molecule has 5 rings (SSSR count). The highest BCUT2D eigenvalue weighted by Crippen LogP contribution is 2.39. The fourth-order valence-electron chi connectivity index (χ4n) is 4.80. The molecule has 15 heteroatoms. The Labute approximate surface area is 247 Å². The Hall–Kier alpha value is -3.20. The molecule has 1 fully saturated rings. The second kappa shape index (κ2) is 11.6. The number of rotatable bonds is 8. The Morgan fingerprint density at radius 2 is 1.85 bits per heavy atom. The van der Waals surface area contributed by atoms with Crippen molar-refractivity contribution < 1.29 is 23.0 Å². The monoisotopic (exact) mass is 621 g/mol. The number of halogens is 2. The number of fused-ring (bicyclic) bond motifs is 1. The average Bonchev–Trinajstić information content (AvgIpc) is 3.36. The smallest absolute Gasteiger partial charge is 0.211 e. The number of piperazine rings is 1. The van der Waals surface area contributed by atoms with Crippen LogP contribution in [0.5, 0.6) is 11.5 Å². The Bertz CT molecular complexity index is 1710. The van der Waals surface area contributed by atoms with Crippen molar-refractivity contribution >= 4 is 49.9 Å². The molecule has 3 aromatic heterocycles. The Balaban J connectivity index is 1.47. The van der Waals surface area contributed by atoms with Crippen molar-refractivity contribution in [1.82, 2.24) is 24.5 Å². The van der Waals surface area contributed by atoms with Gasteiger partial charge in [-0.3, -0.25) is 15.8 Å². The topological polar surface area (TPSA) is 160 Å². The number of aromatic amines is 1. The number of anilines is 1. The van der Waals surface area contributed by atoms with Gasteiger partial charge in [0.25, 0.3) is 0 Å². The largest absolute Gasteiger partial charge is 0.493 e. The molecule has 0 bridgehead atoms. The predicted octanol–water partition coefficient (Wildman–Crippen LogP) is 3.25. The minimum atomic E-state index is -3.26. The first kappa shape index (κ1) is 29.3. The maximum atomic E-state index is 11.9. The van der Waals surface area contributed by atoms with Gasteiger partial charge in [0.1, 0.15) is 11.5 Å². The van der Waals surface area contributed by atoms with Gasteiger partial charge in [-0.25, -0.2) is 13.4 Å². The van der Waals surface area contributed by atoms with Crippen molar-refractivity contribution in [2.45, 2.75) is 19.8 Å². The van der Waals surface area contributed by atoms with Gasteiger partial charge < -0.3 is 19.5 Å². The number of aliphatic hydroxyl groups excluding tert-OH is 1. The number of nitrogens with one attached hydrogen (secondary N) is 1. The highest BCUT2D eigenvalue weighted by atomic mass is 35.5. The lowest BCUT2D eigenvalue weighted by Crippen LogP contribution is -2.48. The quantitative estimate of drug-likeness (QED) is 0.249. The van der Waals surface area contributed by atoms with Crippen LogP contribution in [0, 0.1) is 6.92 Å². The van der Waals surface area contributed by atoms with Gasteiger partial charge in [-0.05, 0) is 19.1 Å². The van der Waals surface area contributed by atoms with E-state index in [0.717, 1.165) is 0 Å². The number of pyridine rings is 2. The van der Waals surface area contributed by atoms with Gasteiger partial charge in [-0.2, -0.15) is 9.40 Å². The lowest BCUT2D eigenvalue weighted by molar-refractivity contribution is 0.204. The normalized spacial score (nSPS) is 15.3. The number of nitrogens with two attached hydrogens (primary N) is 1. The molecule has 12 nitrogen and oxygen atoms in total. The van der Waals surface area contributed by atoms with Crippen LogP contribution in [0.2, 0.25) is 10.0 Å². The fourth-order valence-corrected chi connectivity index (χ4v) is 6.18. The number of ether oxygens (including phenoxy) is 2. The van der Waals surface area contributed by atoms with Gasteiger partial charge >= 0.3 is 0 Å². The van der Waals surface area contributed by atoms with Crippen molar-refractivity contribution in [2.24, 2.45) is 5.73 Å². The van der Waals surface area contributed by atoms with Crippen LogP contribution in [0.4, 0.5) is 5.82 Å². The average molecular weight is 623 g/mol. The van der Waals surface area contributed by atoms with Crippen molar-refractivity contribution in [2.75, 3.05) is 44.4 Å². The third kappa shape index (κ3) is 5.78. The molecule has 1 saturated heterocycles. The molecular weight excluding hydrogens is 593 g/mol. The van der Waals surface area contributed by atoms with E-state index in [4.69, 9.17) is 38.4 Å². The summed E-state index contributed by atoms with van der Waals surface area (Å²) in [6, 6.07) is 5.31. The van der Waals surface area contributed by atoms with Crippen LogP contribution in [0.25, 0.3) is 22.2 Å². The molecule has 0 unspecified atom stereocenters. The van der Waals surface area contributed by atoms with E-state index >= 15 is 0 Å². The van der Waals surface area contributed by atoms with E-state index in [1.54, 1.807) is 25.3 Å². The molecule has 1 aromatic carbocycles. The molecule has 4 aromatic rings. The predicted molar refractivity (Wildman–Crippen MR) is 157 cm³/mol. The third-order valence-corrected chi connectivity index (χ3v) is 9.04. The van der Waals surface area contributed by atoms with Crippen LogP contribution in [0.15, 0.2) is 30.6 Å². The molecular formula is C26H29Cl2N7O5S. The molecule has 1 atom stereocenters. The highest BCUT2D eigenvalue weighted by Gasteiger charge is 2.26. The van der Waals surface area contributed by atoms with Crippen LogP contribution >= 0.6 is 23.2 Å². The fraction of sp³-hybridized carbons (Fsp3) is 0.346. The number of H-pyrrole nitrogens is 1. The van der Waals surface area contributed by atoms with Crippen LogP contribution in [0.1, 0.15) is 23.0 Å². The number of nitrogens with zero attached hydrogens (tertiary/aromatic N) is 5. The molecule has 0 spiro atoms. The zero-order valence-electron chi connectivity index (χ0n) is 22.6. The summed E-state index contributed by atoms with van der Waals surface area (Å²) < 4.78 is 36.8. The molecule has 41 heavy (non-hydrogen) atoms. The molecule has 1 aliphatic heterocycles. The minimum Gasteiger partial charge on any atom is -0.493 e. The van der Waals surface area contributed by atoms with Crippen LogP contribution in [0.3, 0.4) is 0 Å². The lowest BCUT2D eigenvalue weighted by Gasteiger charge is -2.34. The zero-order chi connectivity index (χ0) is 29.5. The Morgan fingerprint density at radius 1 is 1.12 bits per heavy atom. The van der Waals surface area contributed by atoms with Gasteiger partial charge in [0.05, 0.1) is 41.2 Å². The maximum absolute atomic E-state index is 11.9. The van der Waals surface area contributed by atoms with Gasteiger partial charge in [0.15, 0.2) is 17.7 Å². The summed E-state index contributed by atoms with van der Waals surface area (Å²) in [7, 11) is -1.75. The summed E-state index contributed by atoms with van der Waals surface area (Å²) in [5, 5.41) is 19.0. The number of aromatic nitrogens is 4. The van der Waals surface area contributed by atoms with E-state index in [1.165, 1.54) is 23.9 Å². The van der Waals surface area contributed by atoms with E-state index in [1.807, 2.05) is 11.0 Å². The summed E-state index contributed by atoms with van der Waals surface area (Å²) >= 11 is 12.8. The number of benzene rings is 1. The van der Waals surface area contributed by atoms with Crippen molar-refractivity contribution in [1.29, 1.82) is 0 Å². The highest BCUT2D eigenvalue weighted by molar-refractivity contribution is 7.88. The SMILES string of the molecule is COc1cc2[nH]nc(-c3cnc(N4CCN(S(C)(=O)=O)CC4)c(CO)c3)c2cc1O[C@H](N)c1c(Cl)cnc(C)c1Cl. The number of sulfonamides is 1. The molecule has 0 amide bonds. The first-order valence-electron chi connectivity index (χ1n) is 12.6. The molecule has 0 saturated carbocycles. The Kier molecular flexibility index (Phi) is 8.28. The molecule has 1 aliphatic rings. The molecule has 218 valence electrons. The summed E-state index contributed by atoms with van der Waals surface area (Å²) in [5.74, 6) is 1.36. The van der Waals surface area contributed by atoms with Gasteiger partial charge in [0, 0.05) is 66.7 Å². The summed E-state index contributed by atoms with van der Waals surface area (Å²) in [6.07, 6.45) is 3.33. The van der Waals surface area contributed by atoms with Crippen LogP contribution in [-0.2, 0) is 16.6 Å². The molecule has 4 N–H and O–H groups in total. The first-order valence-corrected chi connectivity index (χ1v) is 15.2. The van der Waals surface area contributed by atoms with E-state index in [2.05, 4.69) is 20.2 Å². The number of methoxy groups -OCH3 is 1. The number of aryl methyl sites for hydroxylation is 1. The van der Waals surface area contributed by atoms with Gasteiger partial charge in [-0.1, -0.05) is 23.2 Å². The second-order valence-corrected chi connectivity index (χ2v) is 12.4. The number of hydrogen-bond acceptors (Lipinski definition) is 10. The summed E-state index contributed by atoms with van der Waals surface area (Å²) in [4.78, 5) is 10.7. The maximum Gasteiger partial charge on any atom is 0.211 e. The van der Waals surface area contributed by atoms with Crippen LogP contribution in [-0.4, -0.2) is 77.5 Å². The van der Waals surface area contributed by atoms with Crippen molar-refractivity contribution in [3.05, 3.63) is 57.5 Å². The summed E-state index contributed by atoms with van der Waals surface area (Å²) in [5.41, 5.74) is 9.85. The number of aliphatic hydroxyl groups is 1. The minimum absolute atomic E-state index is 0.255. The molecule has 0 radical (unpaired) electrons. The zero-order valence-corrected chi connectivity index (χ0v) is 24.9. The first-order chi connectivity index (χ1) is 19.5. The lowest BCUT2D eigenvalue weighted by atomic mass is 10.1. The van der Waals surface area contributed by atoms with Gasteiger partial charge in [0.2, 0.25) is 10.0 Å². The summed E-state index contributed by atoms with van der Waals surface area (Å²) in [6.45, 7) is 3.11. The molecule has 4 heterocycles.